The van der Waals surface area contributed by atoms with Crippen molar-refractivity contribution in [3.8, 4) is 0 Å². The summed E-state index contributed by atoms with van der Waals surface area (Å²) in [6.45, 7) is 1.96. The lowest BCUT2D eigenvalue weighted by molar-refractivity contribution is 0.102. The Kier molecular flexibility index (Phi) is 5.49. The summed E-state index contributed by atoms with van der Waals surface area (Å²) in [6.07, 6.45) is 0. The van der Waals surface area contributed by atoms with Gasteiger partial charge in [0.15, 0.2) is 0 Å². The van der Waals surface area contributed by atoms with E-state index in [4.69, 9.17) is 0 Å². The van der Waals surface area contributed by atoms with Crippen LogP contribution in [0.4, 0.5) is 11.4 Å². The Morgan fingerprint density at radius 3 is 2.27 bits per heavy atom. The molecule has 0 aliphatic heterocycles. The predicted octanol–water partition coefficient (Wildman–Crippen LogP) is 5.26. The Labute approximate surface area is 160 Å². The number of aryl methyl sites for hydroxylation is 1. The number of carbonyl (C=O) groups excluding carboxylic acids is 2. The van der Waals surface area contributed by atoms with Crippen molar-refractivity contribution in [2.24, 2.45) is 0 Å². The van der Waals surface area contributed by atoms with Crippen LogP contribution in [-0.2, 0) is 0 Å². The Bertz CT molecular complexity index is 952. The lowest BCUT2D eigenvalue weighted by Crippen LogP contribution is -2.18. The lowest BCUT2D eigenvalue weighted by atomic mass is 10.1. The maximum atomic E-state index is 12.6. The Hall–Kier alpha value is -2.92. The minimum Gasteiger partial charge on any atom is -0.322 e. The van der Waals surface area contributed by atoms with Crippen LogP contribution in [0.2, 0.25) is 0 Å². The van der Waals surface area contributed by atoms with Gasteiger partial charge in [0, 0.05) is 15.7 Å². The minimum absolute atomic E-state index is 0.270. The summed E-state index contributed by atoms with van der Waals surface area (Å²) in [5.74, 6) is -0.546. The van der Waals surface area contributed by atoms with E-state index in [2.05, 4.69) is 26.6 Å². The van der Waals surface area contributed by atoms with Crippen molar-refractivity contribution in [3.05, 3.63) is 94.0 Å². The molecule has 0 spiro atoms. The third-order valence-electron chi connectivity index (χ3n) is 3.80. The first-order valence-electron chi connectivity index (χ1n) is 8.07. The average Bonchev–Trinajstić information content (AvgIpc) is 2.62. The van der Waals surface area contributed by atoms with Gasteiger partial charge in [-0.15, -0.1) is 0 Å². The summed E-state index contributed by atoms with van der Waals surface area (Å²) in [5, 5.41) is 5.67. The van der Waals surface area contributed by atoms with E-state index in [9.17, 15) is 9.59 Å². The van der Waals surface area contributed by atoms with Crippen LogP contribution in [0.5, 0.6) is 0 Å². The van der Waals surface area contributed by atoms with Gasteiger partial charge in [-0.25, -0.2) is 0 Å². The van der Waals surface area contributed by atoms with Crippen LogP contribution < -0.4 is 10.6 Å². The number of hydrogen-bond acceptors (Lipinski definition) is 2. The molecule has 0 heterocycles. The molecule has 3 aromatic carbocycles. The van der Waals surface area contributed by atoms with Crippen LogP contribution >= 0.6 is 15.9 Å². The van der Waals surface area contributed by atoms with E-state index in [1.165, 1.54) is 0 Å². The number of rotatable bonds is 4. The molecule has 0 aliphatic carbocycles. The maximum absolute atomic E-state index is 12.6. The molecule has 26 heavy (non-hydrogen) atoms. The molecule has 0 saturated carbocycles. The molecule has 0 saturated heterocycles. The minimum atomic E-state index is -0.276. The molecule has 0 unspecified atom stereocenters. The second-order valence-corrected chi connectivity index (χ2v) is 6.75. The van der Waals surface area contributed by atoms with Gasteiger partial charge in [-0.1, -0.05) is 40.2 Å². The number of anilines is 2. The van der Waals surface area contributed by atoms with Gasteiger partial charge in [0.2, 0.25) is 0 Å². The fourth-order valence-electron chi connectivity index (χ4n) is 2.51. The smallest absolute Gasteiger partial charge is 0.257 e. The average molecular weight is 409 g/mol. The van der Waals surface area contributed by atoms with Crippen LogP contribution in [0.25, 0.3) is 0 Å². The van der Waals surface area contributed by atoms with Gasteiger partial charge >= 0.3 is 0 Å². The lowest BCUT2D eigenvalue weighted by Gasteiger charge is -2.12. The summed E-state index contributed by atoms with van der Waals surface area (Å²) in [7, 11) is 0. The molecular formula is C21H17BrN2O2. The summed E-state index contributed by atoms with van der Waals surface area (Å²) >= 11 is 3.34. The fraction of sp³-hybridized carbons (Fsp3) is 0.0476. The Balaban J connectivity index is 1.80. The van der Waals surface area contributed by atoms with E-state index < -0.39 is 0 Å². The molecule has 3 rings (SSSR count). The number of benzene rings is 3. The van der Waals surface area contributed by atoms with E-state index in [0.717, 1.165) is 10.0 Å². The fourth-order valence-corrected chi connectivity index (χ4v) is 2.77. The zero-order chi connectivity index (χ0) is 18.5. The molecule has 5 heteroatoms. The highest BCUT2D eigenvalue weighted by Gasteiger charge is 2.14. The molecule has 0 aromatic heterocycles. The van der Waals surface area contributed by atoms with Crippen molar-refractivity contribution < 1.29 is 9.59 Å². The van der Waals surface area contributed by atoms with Crippen LogP contribution in [-0.4, -0.2) is 11.8 Å². The molecule has 4 nitrogen and oxygen atoms in total. The van der Waals surface area contributed by atoms with Crippen molar-refractivity contribution in [1.29, 1.82) is 0 Å². The van der Waals surface area contributed by atoms with Gasteiger partial charge in [0.1, 0.15) is 0 Å². The normalized spacial score (nSPS) is 10.2. The zero-order valence-electron chi connectivity index (χ0n) is 14.1. The number of hydrogen-bond donors (Lipinski definition) is 2. The molecule has 3 aromatic rings. The van der Waals surface area contributed by atoms with Crippen molar-refractivity contribution in [1.82, 2.24) is 0 Å². The van der Waals surface area contributed by atoms with Crippen LogP contribution in [0.15, 0.2) is 77.3 Å². The highest BCUT2D eigenvalue weighted by molar-refractivity contribution is 9.10. The van der Waals surface area contributed by atoms with E-state index in [1.807, 2.05) is 31.2 Å². The monoisotopic (exact) mass is 408 g/mol. The first kappa shape index (κ1) is 17.9. The Morgan fingerprint density at radius 1 is 0.808 bits per heavy atom. The third-order valence-corrected chi connectivity index (χ3v) is 4.33. The van der Waals surface area contributed by atoms with Crippen LogP contribution in [0, 0.1) is 6.92 Å². The molecule has 0 radical (unpaired) electrons. The van der Waals surface area contributed by atoms with Gasteiger partial charge in [-0.2, -0.15) is 0 Å². The standard InChI is InChI=1S/C21H17BrN2O2/c1-14-5-4-6-17(13-14)23-21(26)18-7-2-3-8-19(18)24-20(25)15-9-11-16(22)12-10-15/h2-13H,1H3,(H,23,26)(H,24,25). The number of amides is 2. The van der Waals surface area contributed by atoms with Crippen molar-refractivity contribution in [3.63, 3.8) is 0 Å². The van der Waals surface area contributed by atoms with Crippen LogP contribution in [0.3, 0.4) is 0 Å². The summed E-state index contributed by atoms with van der Waals surface area (Å²) in [6, 6.07) is 21.5. The van der Waals surface area contributed by atoms with Gasteiger partial charge in [-0.05, 0) is 61.0 Å². The molecule has 2 N–H and O–H groups in total. The van der Waals surface area contributed by atoms with Crippen molar-refractivity contribution in [2.45, 2.75) is 6.92 Å². The topological polar surface area (TPSA) is 58.2 Å². The van der Waals surface area contributed by atoms with Gasteiger partial charge < -0.3 is 10.6 Å². The van der Waals surface area contributed by atoms with Crippen molar-refractivity contribution in [2.75, 3.05) is 10.6 Å². The number of para-hydroxylation sites is 1. The molecular weight excluding hydrogens is 392 g/mol. The number of carbonyl (C=O) groups is 2. The van der Waals surface area contributed by atoms with E-state index in [1.54, 1.807) is 48.5 Å². The largest absolute Gasteiger partial charge is 0.322 e. The van der Waals surface area contributed by atoms with Crippen LogP contribution in [0.1, 0.15) is 26.3 Å². The molecule has 130 valence electrons. The molecule has 0 fully saturated rings. The van der Waals surface area contributed by atoms with Crippen molar-refractivity contribution >= 4 is 39.1 Å². The second-order valence-electron chi connectivity index (χ2n) is 5.83. The highest BCUT2D eigenvalue weighted by atomic mass is 79.9. The molecule has 0 atom stereocenters. The Morgan fingerprint density at radius 2 is 1.54 bits per heavy atom. The summed E-state index contributed by atoms with van der Waals surface area (Å²) in [5.41, 5.74) is 3.15. The predicted molar refractivity (Wildman–Crippen MR) is 108 cm³/mol. The van der Waals surface area contributed by atoms with E-state index >= 15 is 0 Å². The van der Waals surface area contributed by atoms with E-state index in [-0.39, 0.29) is 11.8 Å². The van der Waals surface area contributed by atoms with Gasteiger partial charge in [0.05, 0.1) is 11.3 Å². The zero-order valence-corrected chi connectivity index (χ0v) is 15.7. The van der Waals surface area contributed by atoms with Gasteiger partial charge in [0.25, 0.3) is 11.8 Å². The second kappa shape index (κ2) is 7.97. The summed E-state index contributed by atoms with van der Waals surface area (Å²) in [4.78, 5) is 25.1. The van der Waals surface area contributed by atoms with E-state index in [0.29, 0.717) is 22.5 Å². The summed E-state index contributed by atoms with van der Waals surface area (Å²) < 4.78 is 0.895. The van der Waals surface area contributed by atoms with Gasteiger partial charge in [-0.3, -0.25) is 9.59 Å². The first-order valence-corrected chi connectivity index (χ1v) is 8.86. The third kappa shape index (κ3) is 4.37. The molecule has 0 aliphatic rings. The number of nitrogens with one attached hydrogen (secondary N) is 2. The maximum Gasteiger partial charge on any atom is 0.257 e. The quantitative estimate of drug-likeness (QED) is 0.618. The molecule has 0 bridgehead atoms. The first-order chi connectivity index (χ1) is 12.5. The SMILES string of the molecule is Cc1cccc(NC(=O)c2ccccc2NC(=O)c2ccc(Br)cc2)c1. The number of halogens is 1. The highest BCUT2D eigenvalue weighted by Crippen LogP contribution is 2.19. The molecule has 2 amide bonds.